The number of carbonyl (C=O) groups is 1. The molecular formula is C15H27N3O. The van der Waals surface area contributed by atoms with Crippen LogP contribution < -0.4 is 5.73 Å². The third-order valence-electron chi connectivity index (χ3n) is 5.51. The zero-order valence-corrected chi connectivity index (χ0v) is 11.9. The highest BCUT2D eigenvalue weighted by Crippen LogP contribution is 2.42. The van der Waals surface area contributed by atoms with Gasteiger partial charge in [0.1, 0.15) is 0 Å². The Bertz CT molecular complexity index is 329. The number of nitrogens with zero attached hydrogens (tertiary/aromatic N) is 2. The average Bonchev–Trinajstić information content (AvgIpc) is 2.88. The lowest BCUT2D eigenvalue weighted by Gasteiger charge is -2.42. The van der Waals surface area contributed by atoms with Crippen molar-refractivity contribution in [3.63, 3.8) is 0 Å². The minimum atomic E-state index is -0.184. The van der Waals surface area contributed by atoms with Crippen molar-refractivity contribution >= 4 is 5.91 Å². The molecule has 1 aliphatic carbocycles. The molecule has 4 heteroatoms. The zero-order chi connectivity index (χ0) is 13.3. The quantitative estimate of drug-likeness (QED) is 0.834. The van der Waals surface area contributed by atoms with E-state index in [-0.39, 0.29) is 5.41 Å². The highest BCUT2D eigenvalue weighted by Gasteiger charge is 2.46. The van der Waals surface area contributed by atoms with Crippen molar-refractivity contribution in [1.29, 1.82) is 0 Å². The molecule has 1 unspecified atom stereocenters. The molecule has 0 bridgehead atoms. The van der Waals surface area contributed by atoms with Gasteiger partial charge in [-0.3, -0.25) is 9.69 Å². The zero-order valence-electron chi connectivity index (χ0n) is 11.9. The summed E-state index contributed by atoms with van der Waals surface area (Å²) in [4.78, 5) is 17.3. The lowest BCUT2D eigenvalue weighted by Crippen LogP contribution is -2.52. The first kappa shape index (κ1) is 13.4. The Morgan fingerprint density at radius 2 is 1.84 bits per heavy atom. The fraction of sp³-hybridized carbons (Fsp3) is 0.933. The van der Waals surface area contributed by atoms with E-state index in [0.29, 0.717) is 18.5 Å². The van der Waals surface area contributed by atoms with E-state index < -0.39 is 0 Å². The molecule has 0 aromatic carbocycles. The molecule has 2 heterocycles. The first-order valence-corrected chi connectivity index (χ1v) is 7.99. The minimum Gasteiger partial charge on any atom is -0.341 e. The van der Waals surface area contributed by atoms with Crippen molar-refractivity contribution in [3.05, 3.63) is 0 Å². The Balaban J connectivity index is 1.57. The normalized spacial score (nSPS) is 31.2. The van der Waals surface area contributed by atoms with Crippen LogP contribution in [0.2, 0.25) is 0 Å². The van der Waals surface area contributed by atoms with Gasteiger partial charge in [-0.15, -0.1) is 0 Å². The molecule has 2 saturated heterocycles. The predicted molar refractivity (Wildman–Crippen MR) is 75.7 cm³/mol. The maximum absolute atomic E-state index is 12.6. The van der Waals surface area contributed by atoms with Crippen LogP contribution in [0, 0.1) is 5.41 Å². The summed E-state index contributed by atoms with van der Waals surface area (Å²) in [5.41, 5.74) is 5.67. The number of hydrogen-bond acceptors (Lipinski definition) is 3. The summed E-state index contributed by atoms with van der Waals surface area (Å²) in [5, 5.41) is 0. The number of amides is 1. The van der Waals surface area contributed by atoms with Crippen LogP contribution in [0.5, 0.6) is 0 Å². The van der Waals surface area contributed by atoms with Gasteiger partial charge in [0.15, 0.2) is 0 Å². The van der Waals surface area contributed by atoms with Crippen LogP contribution in [0.3, 0.4) is 0 Å². The van der Waals surface area contributed by atoms with Gasteiger partial charge in [-0.2, -0.15) is 0 Å². The van der Waals surface area contributed by atoms with E-state index in [1.54, 1.807) is 0 Å². The summed E-state index contributed by atoms with van der Waals surface area (Å²) in [6.07, 6.45) is 8.38. The molecule has 3 rings (SSSR count). The third kappa shape index (κ3) is 2.40. The molecule has 2 aliphatic heterocycles. The van der Waals surface area contributed by atoms with E-state index in [0.717, 1.165) is 32.4 Å². The van der Waals surface area contributed by atoms with Crippen LogP contribution in [0.1, 0.15) is 44.9 Å². The summed E-state index contributed by atoms with van der Waals surface area (Å²) >= 11 is 0. The SMILES string of the molecule is NCC1(C(=O)N2CCC(N3CCCCC3)C2)CCC1. The molecule has 0 radical (unpaired) electrons. The molecule has 1 amide bonds. The van der Waals surface area contributed by atoms with Crippen LogP contribution in [-0.2, 0) is 4.79 Å². The maximum Gasteiger partial charge on any atom is 0.230 e. The number of piperidine rings is 1. The molecule has 4 nitrogen and oxygen atoms in total. The average molecular weight is 265 g/mol. The molecule has 3 aliphatic rings. The highest BCUT2D eigenvalue weighted by molar-refractivity contribution is 5.84. The molecule has 1 atom stereocenters. The first-order valence-electron chi connectivity index (χ1n) is 7.99. The molecule has 108 valence electrons. The van der Waals surface area contributed by atoms with E-state index in [2.05, 4.69) is 9.80 Å². The Hall–Kier alpha value is -0.610. The molecular weight excluding hydrogens is 238 g/mol. The second-order valence-corrected chi connectivity index (χ2v) is 6.63. The van der Waals surface area contributed by atoms with Crippen molar-refractivity contribution in [2.45, 2.75) is 51.0 Å². The fourth-order valence-electron chi connectivity index (χ4n) is 3.95. The Morgan fingerprint density at radius 3 is 2.42 bits per heavy atom. The molecule has 3 fully saturated rings. The minimum absolute atomic E-state index is 0.184. The molecule has 0 aromatic heterocycles. The van der Waals surface area contributed by atoms with E-state index in [4.69, 9.17) is 5.73 Å². The number of likely N-dealkylation sites (tertiary alicyclic amines) is 2. The highest BCUT2D eigenvalue weighted by atomic mass is 16.2. The lowest BCUT2D eigenvalue weighted by molar-refractivity contribution is -0.145. The summed E-state index contributed by atoms with van der Waals surface area (Å²) in [6.45, 7) is 4.89. The number of rotatable bonds is 3. The lowest BCUT2D eigenvalue weighted by atomic mass is 9.68. The molecule has 0 spiro atoms. The van der Waals surface area contributed by atoms with Crippen LogP contribution in [0.4, 0.5) is 0 Å². The topological polar surface area (TPSA) is 49.6 Å². The van der Waals surface area contributed by atoms with Gasteiger partial charge < -0.3 is 10.6 Å². The molecule has 2 N–H and O–H groups in total. The van der Waals surface area contributed by atoms with E-state index in [1.807, 2.05) is 0 Å². The fourth-order valence-corrected chi connectivity index (χ4v) is 3.95. The smallest absolute Gasteiger partial charge is 0.230 e. The van der Waals surface area contributed by atoms with Crippen molar-refractivity contribution < 1.29 is 4.79 Å². The van der Waals surface area contributed by atoms with E-state index in [9.17, 15) is 4.79 Å². The van der Waals surface area contributed by atoms with Crippen molar-refractivity contribution in [1.82, 2.24) is 9.80 Å². The van der Waals surface area contributed by atoms with Crippen molar-refractivity contribution in [2.24, 2.45) is 11.1 Å². The molecule has 19 heavy (non-hydrogen) atoms. The maximum atomic E-state index is 12.6. The van der Waals surface area contributed by atoms with E-state index >= 15 is 0 Å². The second-order valence-electron chi connectivity index (χ2n) is 6.63. The monoisotopic (exact) mass is 265 g/mol. The van der Waals surface area contributed by atoms with Gasteiger partial charge >= 0.3 is 0 Å². The molecule has 0 aromatic rings. The summed E-state index contributed by atoms with van der Waals surface area (Å²) in [6, 6.07) is 0.610. The number of nitrogens with two attached hydrogens (primary N) is 1. The third-order valence-corrected chi connectivity index (χ3v) is 5.51. The van der Waals surface area contributed by atoms with Gasteiger partial charge in [-0.1, -0.05) is 12.8 Å². The summed E-state index contributed by atoms with van der Waals surface area (Å²) in [7, 11) is 0. The van der Waals surface area contributed by atoms with Crippen molar-refractivity contribution in [2.75, 3.05) is 32.7 Å². The standard InChI is InChI=1S/C15H27N3O/c16-12-15(6-4-7-15)14(19)18-10-5-13(11-18)17-8-2-1-3-9-17/h13H,1-12,16H2. The Labute approximate surface area is 116 Å². The van der Waals surface area contributed by atoms with Gasteiger partial charge in [0.05, 0.1) is 5.41 Å². The largest absolute Gasteiger partial charge is 0.341 e. The Kier molecular flexibility index (Phi) is 3.81. The first-order chi connectivity index (χ1) is 9.25. The van der Waals surface area contributed by atoms with Gasteiger partial charge in [-0.25, -0.2) is 0 Å². The number of hydrogen-bond donors (Lipinski definition) is 1. The van der Waals surface area contributed by atoms with Crippen molar-refractivity contribution in [3.8, 4) is 0 Å². The van der Waals surface area contributed by atoms with Gasteiger partial charge in [0.2, 0.25) is 5.91 Å². The van der Waals surface area contributed by atoms with Gasteiger partial charge in [-0.05, 0) is 45.2 Å². The summed E-state index contributed by atoms with van der Waals surface area (Å²) in [5.74, 6) is 0.348. The molecule has 1 saturated carbocycles. The van der Waals surface area contributed by atoms with Gasteiger partial charge in [0.25, 0.3) is 0 Å². The summed E-state index contributed by atoms with van der Waals surface area (Å²) < 4.78 is 0. The van der Waals surface area contributed by atoms with Gasteiger partial charge in [0, 0.05) is 25.7 Å². The second kappa shape index (κ2) is 5.41. The number of carbonyl (C=O) groups excluding carboxylic acids is 1. The van der Waals surface area contributed by atoms with E-state index in [1.165, 1.54) is 38.8 Å². The van der Waals surface area contributed by atoms with Crippen LogP contribution >= 0.6 is 0 Å². The predicted octanol–water partition coefficient (Wildman–Crippen LogP) is 1.20. The van der Waals surface area contributed by atoms with Crippen LogP contribution in [0.25, 0.3) is 0 Å². The van der Waals surface area contributed by atoms with Crippen LogP contribution in [-0.4, -0.2) is 54.5 Å². The van der Waals surface area contributed by atoms with Crippen LogP contribution in [0.15, 0.2) is 0 Å². The Morgan fingerprint density at radius 1 is 1.11 bits per heavy atom.